The van der Waals surface area contributed by atoms with Crippen LogP contribution in [0, 0.1) is 0 Å². The third kappa shape index (κ3) is 14.7. The van der Waals surface area contributed by atoms with E-state index in [4.69, 9.17) is 0 Å². The van der Waals surface area contributed by atoms with Crippen molar-refractivity contribution >= 4 is 164 Å². The molecular formula is C132H87BrN6. The van der Waals surface area contributed by atoms with Crippen molar-refractivity contribution in [1.82, 2.24) is 17.9 Å². The van der Waals surface area contributed by atoms with E-state index in [1.807, 2.05) is 12.1 Å². The number of aromatic nitrogens is 4. The van der Waals surface area contributed by atoms with Gasteiger partial charge >= 0.3 is 0 Å². The first kappa shape index (κ1) is 81.9. The highest BCUT2D eigenvalue weighted by atomic mass is 79.9. The highest BCUT2D eigenvalue weighted by Crippen LogP contribution is 2.48. The Balaban J connectivity index is 0.000000121. The second-order valence-corrected chi connectivity index (χ2v) is 37.0. The van der Waals surface area contributed by atoms with Gasteiger partial charge in [0, 0.05) is 109 Å². The van der Waals surface area contributed by atoms with E-state index in [0.717, 1.165) is 32.9 Å². The Morgan fingerprint density at radius 1 is 0.158 bits per heavy atom. The molecule has 139 heavy (non-hydrogen) atoms. The third-order valence-electron chi connectivity index (χ3n) is 28.0. The van der Waals surface area contributed by atoms with Crippen LogP contribution in [0.4, 0.5) is 28.4 Å². The van der Waals surface area contributed by atoms with Gasteiger partial charge in [-0.1, -0.05) is 368 Å². The van der Waals surface area contributed by atoms with E-state index in [0.29, 0.717) is 0 Å². The smallest absolute Gasteiger partial charge is 0.0620 e. The molecule has 28 aromatic rings. The van der Waals surface area contributed by atoms with Gasteiger partial charge in [-0.3, -0.25) is 0 Å². The summed E-state index contributed by atoms with van der Waals surface area (Å²) in [6.07, 6.45) is 0. The summed E-state index contributed by atoms with van der Waals surface area (Å²) in [6.45, 7) is 0. The summed E-state index contributed by atoms with van der Waals surface area (Å²) in [6, 6.07) is 189. The highest BCUT2D eigenvalue weighted by Gasteiger charge is 2.25. The van der Waals surface area contributed by atoms with Gasteiger partial charge < -0.3 is 28.2 Å². The number of anilines is 5. The zero-order chi connectivity index (χ0) is 92.0. The van der Waals surface area contributed by atoms with Crippen LogP contribution in [0.15, 0.2) is 526 Å². The summed E-state index contributed by atoms with van der Waals surface area (Å²) < 4.78 is 10.8. The summed E-state index contributed by atoms with van der Waals surface area (Å²) >= 11 is 3.64. The Morgan fingerprint density at radius 2 is 0.417 bits per heavy atom. The number of nitrogens with one attached hydrogen (secondary N) is 1. The summed E-state index contributed by atoms with van der Waals surface area (Å²) in [4.78, 5) is 2.37. The fourth-order valence-corrected chi connectivity index (χ4v) is 21.8. The molecule has 0 atom stereocenters. The van der Waals surface area contributed by atoms with E-state index in [1.165, 1.54) is 220 Å². The molecule has 0 radical (unpaired) electrons. The maximum Gasteiger partial charge on any atom is 0.0620 e. The van der Waals surface area contributed by atoms with Crippen molar-refractivity contribution in [2.24, 2.45) is 0 Å². The predicted molar refractivity (Wildman–Crippen MR) is 593 cm³/mol. The summed E-state index contributed by atoms with van der Waals surface area (Å²) in [5.74, 6) is 0. The SMILES string of the molecule is Brc1cccc(-c2ccc3c(c2)c2cccc4c5cc(-c6ccc7c8ccccc8n(-c8ccccc8)c7c6)ccc5n3c24)c1.c1ccc(-c2ccc(N(c3ccc(-c4ccccc4)cc3)c3cccc(-c4ccc5c(c4)c4cccc6c7cc(-c8ccc9c%10ccccc%10n(-c%10ccccc%10)c9c8)ccc7n5c46)c3)cc2)cc1.c1ccc(-c2ccc(Nc3ccc(-c4ccccc4)cc3)cc2)cc1. The van der Waals surface area contributed by atoms with Crippen molar-refractivity contribution < 1.29 is 0 Å². The zero-order valence-corrected chi connectivity index (χ0v) is 77.4. The van der Waals surface area contributed by atoms with Crippen LogP contribution >= 0.6 is 15.9 Å². The lowest BCUT2D eigenvalue weighted by atomic mass is 9.99. The summed E-state index contributed by atoms with van der Waals surface area (Å²) in [5.41, 5.74) is 39.6. The second kappa shape index (κ2) is 34.5. The molecule has 0 aliphatic rings. The van der Waals surface area contributed by atoms with Crippen LogP contribution in [0.1, 0.15) is 0 Å². The molecule has 0 bridgehead atoms. The van der Waals surface area contributed by atoms with Crippen LogP contribution in [0.5, 0.6) is 0 Å². The molecular weight excluding hydrogens is 1750 g/mol. The Labute approximate surface area is 812 Å². The normalized spacial score (nSPS) is 11.6. The van der Waals surface area contributed by atoms with Gasteiger partial charge in [-0.25, -0.2) is 0 Å². The molecule has 6 heterocycles. The van der Waals surface area contributed by atoms with Crippen LogP contribution in [-0.4, -0.2) is 17.9 Å². The van der Waals surface area contributed by atoms with Gasteiger partial charge in [0.2, 0.25) is 0 Å². The van der Waals surface area contributed by atoms with Crippen molar-refractivity contribution in [3.05, 3.63) is 526 Å². The van der Waals surface area contributed by atoms with Crippen LogP contribution < -0.4 is 10.2 Å². The largest absolute Gasteiger partial charge is 0.356 e. The topological polar surface area (TPSA) is 33.9 Å². The van der Waals surface area contributed by atoms with Gasteiger partial charge in [0.15, 0.2) is 0 Å². The lowest BCUT2D eigenvalue weighted by Crippen LogP contribution is -2.10. The molecule has 0 amide bonds. The van der Waals surface area contributed by atoms with Crippen molar-refractivity contribution in [3.8, 4) is 100 Å². The number of nitrogens with zero attached hydrogens (tertiary/aromatic N) is 5. The van der Waals surface area contributed by atoms with E-state index in [2.05, 4.69) is 554 Å². The number of para-hydroxylation sites is 6. The molecule has 0 aliphatic carbocycles. The minimum absolute atomic E-state index is 1.09. The Bertz CT molecular complexity index is 9320. The van der Waals surface area contributed by atoms with Crippen molar-refractivity contribution in [2.45, 2.75) is 0 Å². The number of rotatable bonds is 15. The second-order valence-electron chi connectivity index (χ2n) is 36.1. The molecule has 28 rings (SSSR count). The summed E-state index contributed by atoms with van der Waals surface area (Å²) in [7, 11) is 0. The third-order valence-corrected chi connectivity index (χ3v) is 28.5. The minimum Gasteiger partial charge on any atom is -0.356 e. The Morgan fingerprint density at radius 3 is 0.777 bits per heavy atom. The average molecular weight is 1840 g/mol. The standard InChI is InChI=1S/C66H43N3.C42H25BrN2.C24H19N/c1-4-14-44(15-5-1)46-26-33-53(34-27-46)67(54-35-28-47(29-36-54)45-16-6-2-7-17-45)55-21-12-18-48(40-55)49-31-38-63-60(41-49)58-23-13-24-59-61-42-50(32-39-64(61)69(63)66(58)59)51-30-37-57-56-22-10-11-25-62(56)68(65(57)43-51)52-19-8-3-9-20-52;43-30-9-6-8-26(22-30)27-17-20-39-36(23-27)34-13-7-14-35-37-24-28(18-21-40(37)45(39)42(34)35)29-16-19-33-32-12-4-5-15-38(32)44(41(33)25-29)31-10-2-1-3-11-31;1-3-7-19(8-4-1)21-11-15-23(16-12-21)25-24-17-13-22(14-18-24)20-9-5-2-6-10-20/h1-43H;1-25H;1-18,25H. The quantitative estimate of drug-likeness (QED) is 0.111. The summed E-state index contributed by atoms with van der Waals surface area (Å²) in [5, 5.41) is 18.8. The lowest BCUT2D eigenvalue weighted by Gasteiger charge is -2.26. The van der Waals surface area contributed by atoms with Gasteiger partial charge in [-0.15, -0.1) is 0 Å². The molecule has 7 heteroatoms. The molecule has 0 aliphatic heterocycles. The van der Waals surface area contributed by atoms with Crippen molar-refractivity contribution in [2.75, 3.05) is 10.2 Å². The molecule has 652 valence electrons. The zero-order valence-electron chi connectivity index (χ0n) is 75.8. The minimum atomic E-state index is 1.09. The fourth-order valence-electron chi connectivity index (χ4n) is 21.4. The number of hydrogen-bond acceptors (Lipinski definition) is 2. The van der Waals surface area contributed by atoms with Gasteiger partial charge in [-0.05, 0) is 259 Å². The van der Waals surface area contributed by atoms with E-state index < -0.39 is 0 Å². The first-order chi connectivity index (χ1) is 68.8. The molecule has 0 spiro atoms. The highest BCUT2D eigenvalue weighted by molar-refractivity contribution is 9.10. The van der Waals surface area contributed by atoms with E-state index in [1.54, 1.807) is 0 Å². The van der Waals surface area contributed by atoms with Crippen molar-refractivity contribution in [1.29, 1.82) is 0 Å². The van der Waals surface area contributed by atoms with E-state index >= 15 is 0 Å². The first-order valence-electron chi connectivity index (χ1n) is 47.5. The van der Waals surface area contributed by atoms with Crippen LogP contribution in [0.2, 0.25) is 0 Å². The Hall–Kier alpha value is -17.9. The predicted octanol–water partition coefficient (Wildman–Crippen LogP) is 36.9. The van der Waals surface area contributed by atoms with Gasteiger partial charge in [0.1, 0.15) is 0 Å². The number of fused-ring (bicyclic) bond motifs is 18. The number of halogens is 1. The monoisotopic (exact) mass is 1830 g/mol. The molecule has 0 fully saturated rings. The molecule has 0 saturated heterocycles. The fraction of sp³-hybridized carbons (Fsp3) is 0. The van der Waals surface area contributed by atoms with Crippen LogP contribution in [0.3, 0.4) is 0 Å². The van der Waals surface area contributed by atoms with Gasteiger partial charge in [-0.2, -0.15) is 0 Å². The molecule has 0 unspecified atom stereocenters. The van der Waals surface area contributed by atoms with E-state index in [9.17, 15) is 0 Å². The molecule has 0 saturated carbocycles. The van der Waals surface area contributed by atoms with Crippen LogP contribution in [0.25, 0.3) is 220 Å². The molecule has 6 nitrogen and oxygen atoms in total. The van der Waals surface area contributed by atoms with Crippen LogP contribution in [-0.2, 0) is 0 Å². The lowest BCUT2D eigenvalue weighted by molar-refractivity contribution is 1.18. The molecule has 6 aromatic heterocycles. The maximum atomic E-state index is 3.64. The van der Waals surface area contributed by atoms with Gasteiger partial charge in [0.05, 0.1) is 55.2 Å². The maximum absolute atomic E-state index is 3.64. The number of hydrogen-bond donors (Lipinski definition) is 1. The number of benzene rings is 22. The van der Waals surface area contributed by atoms with E-state index in [-0.39, 0.29) is 0 Å². The van der Waals surface area contributed by atoms with Gasteiger partial charge in [0.25, 0.3) is 0 Å². The first-order valence-corrected chi connectivity index (χ1v) is 48.3. The molecule has 1 N–H and O–H groups in total. The van der Waals surface area contributed by atoms with Crippen molar-refractivity contribution in [3.63, 3.8) is 0 Å². The Kier molecular flexibility index (Phi) is 20.3. The molecule has 22 aromatic carbocycles. The average Bonchev–Trinajstić information content (AvgIpc) is 1.54.